The Balaban J connectivity index is 2.14. The van der Waals surface area contributed by atoms with Gasteiger partial charge in [0.15, 0.2) is 0 Å². The van der Waals surface area contributed by atoms with E-state index >= 15 is 0 Å². The average molecular weight is 300 g/mol. The zero-order valence-electron chi connectivity index (χ0n) is 13.0. The van der Waals surface area contributed by atoms with Crippen LogP contribution >= 0.6 is 0 Å². The molecule has 1 amide bonds. The largest absolute Gasteiger partial charge is 0.308 e. The first-order valence-electron chi connectivity index (χ1n) is 7.00. The van der Waals surface area contributed by atoms with Crippen molar-refractivity contribution in [2.24, 2.45) is 4.99 Å². The first kappa shape index (κ1) is 15.8. The molecule has 0 atom stereocenters. The van der Waals surface area contributed by atoms with Crippen LogP contribution in [0, 0.1) is 0 Å². The number of anilines is 1. The minimum absolute atomic E-state index is 0.197. The van der Waals surface area contributed by atoms with Crippen molar-refractivity contribution in [2.75, 3.05) is 32.5 Å². The quantitative estimate of drug-likeness (QED) is 0.652. The molecule has 116 valence electrons. The average Bonchev–Trinajstić information content (AvgIpc) is 2.46. The number of hydrogen-bond acceptors (Lipinski definition) is 5. The van der Waals surface area contributed by atoms with E-state index < -0.39 is 0 Å². The number of aromatic nitrogens is 2. The number of amides is 1. The van der Waals surface area contributed by atoms with Gasteiger partial charge in [-0.2, -0.15) is 0 Å². The molecule has 1 aromatic heterocycles. The van der Waals surface area contributed by atoms with E-state index in [-0.39, 0.29) is 5.91 Å². The van der Waals surface area contributed by atoms with Crippen LogP contribution in [0.5, 0.6) is 0 Å². The van der Waals surface area contributed by atoms with Crippen molar-refractivity contribution in [1.29, 1.82) is 0 Å². The summed E-state index contributed by atoms with van der Waals surface area (Å²) in [5, 5.41) is 6.56. The third-order valence-electron chi connectivity index (χ3n) is 2.83. The van der Waals surface area contributed by atoms with Crippen molar-refractivity contribution in [3.05, 3.63) is 30.5 Å². The van der Waals surface area contributed by atoms with Crippen LogP contribution in [-0.2, 0) is 4.79 Å². The lowest BCUT2D eigenvalue weighted by molar-refractivity contribution is -0.117. The SMILES string of the molecule is CC(=O)NC(=NCCN(C)C)Nc1ncc2ccccc2n1. The maximum absolute atomic E-state index is 11.3. The predicted molar refractivity (Wildman–Crippen MR) is 87.8 cm³/mol. The number of carbonyl (C=O) groups is 1. The number of guanidine groups is 1. The normalized spacial score (nSPS) is 11.7. The molecular formula is C15H20N6O. The Morgan fingerprint density at radius 1 is 1.32 bits per heavy atom. The van der Waals surface area contributed by atoms with E-state index in [9.17, 15) is 4.79 Å². The monoisotopic (exact) mass is 300 g/mol. The fraction of sp³-hybridized carbons (Fsp3) is 0.333. The predicted octanol–water partition coefficient (Wildman–Crippen LogP) is 1.10. The van der Waals surface area contributed by atoms with Crippen molar-refractivity contribution in [1.82, 2.24) is 20.2 Å². The van der Waals surface area contributed by atoms with Gasteiger partial charge < -0.3 is 4.90 Å². The second-order valence-corrected chi connectivity index (χ2v) is 5.09. The molecule has 22 heavy (non-hydrogen) atoms. The number of carbonyl (C=O) groups excluding carboxylic acids is 1. The van der Waals surface area contributed by atoms with Crippen molar-refractivity contribution >= 4 is 28.7 Å². The molecule has 2 rings (SSSR count). The summed E-state index contributed by atoms with van der Waals surface area (Å²) in [5.74, 6) is 0.553. The van der Waals surface area contributed by atoms with E-state index in [1.54, 1.807) is 6.20 Å². The standard InChI is InChI=1S/C15H20N6O/c1-11(22)18-14(16-8-9-21(2)3)20-15-17-10-12-6-4-5-7-13(12)19-15/h4-7,10H,8-9H2,1-3H3,(H2,16,17,18,19,20,22). The maximum Gasteiger partial charge on any atom is 0.230 e. The molecule has 0 saturated carbocycles. The summed E-state index contributed by atoms with van der Waals surface area (Å²) in [6, 6.07) is 7.70. The van der Waals surface area contributed by atoms with Gasteiger partial charge in [-0.25, -0.2) is 9.97 Å². The van der Waals surface area contributed by atoms with Gasteiger partial charge in [0.05, 0.1) is 12.1 Å². The summed E-state index contributed by atoms with van der Waals surface area (Å²) in [6.45, 7) is 2.77. The third-order valence-corrected chi connectivity index (χ3v) is 2.83. The van der Waals surface area contributed by atoms with Gasteiger partial charge in [0.25, 0.3) is 0 Å². The van der Waals surface area contributed by atoms with Crippen LogP contribution in [0.25, 0.3) is 10.9 Å². The molecule has 0 spiro atoms. The summed E-state index contributed by atoms with van der Waals surface area (Å²) in [4.78, 5) is 26.3. The summed E-state index contributed by atoms with van der Waals surface area (Å²) < 4.78 is 0. The zero-order chi connectivity index (χ0) is 15.9. The van der Waals surface area contributed by atoms with Gasteiger partial charge in [-0.3, -0.25) is 20.4 Å². The Kier molecular flexibility index (Phi) is 5.37. The van der Waals surface area contributed by atoms with Crippen LogP contribution in [0.2, 0.25) is 0 Å². The Morgan fingerprint density at radius 3 is 2.82 bits per heavy atom. The number of fused-ring (bicyclic) bond motifs is 1. The van der Waals surface area contributed by atoms with Crippen molar-refractivity contribution in [3.63, 3.8) is 0 Å². The van der Waals surface area contributed by atoms with E-state index in [1.165, 1.54) is 6.92 Å². The molecule has 2 N–H and O–H groups in total. The van der Waals surface area contributed by atoms with Gasteiger partial charge >= 0.3 is 0 Å². The number of aliphatic imine (C=N–C) groups is 1. The molecule has 7 heteroatoms. The summed E-state index contributed by atoms with van der Waals surface area (Å²) in [6.07, 6.45) is 1.73. The van der Waals surface area contributed by atoms with Gasteiger partial charge in [-0.05, 0) is 20.2 Å². The highest BCUT2D eigenvalue weighted by Gasteiger charge is 2.05. The number of rotatable bonds is 4. The molecular weight excluding hydrogens is 280 g/mol. The first-order chi connectivity index (χ1) is 10.5. The number of likely N-dealkylation sites (N-methyl/N-ethyl adjacent to an activating group) is 1. The summed E-state index contributed by atoms with van der Waals surface area (Å²) >= 11 is 0. The minimum atomic E-state index is -0.197. The Bertz CT molecular complexity index is 683. The fourth-order valence-corrected chi connectivity index (χ4v) is 1.78. The fourth-order valence-electron chi connectivity index (χ4n) is 1.78. The Hall–Kier alpha value is -2.54. The molecule has 1 heterocycles. The lowest BCUT2D eigenvalue weighted by Gasteiger charge is -2.11. The molecule has 0 unspecified atom stereocenters. The molecule has 0 aliphatic rings. The van der Waals surface area contributed by atoms with Crippen LogP contribution in [0.4, 0.5) is 5.95 Å². The third kappa shape index (κ3) is 4.78. The Labute approximate surface area is 129 Å². The van der Waals surface area contributed by atoms with E-state index in [0.29, 0.717) is 18.5 Å². The highest BCUT2D eigenvalue weighted by atomic mass is 16.1. The van der Waals surface area contributed by atoms with Crippen molar-refractivity contribution < 1.29 is 4.79 Å². The summed E-state index contributed by atoms with van der Waals surface area (Å²) in [5.41, 5.74) is 0.829. The smallest absolute Gasteiger partial charge is 0.230 e. The van der Waals surface area contributed by atoms with Crippen molar-refractivity contribution in [3.8, 4) is 0 Å². The molecule has 0 aliphatic heterocycles. The number of nitrogens with one attached hydrogen (secondary N) is 2. The van der Waals surface area contributed by atoms with Crippen LogP contribution < -0.4 is 10.6 Å². The molecule has 0 fully saturated rings. The van der Waals surface area contributed by atoms with Gasteiger partial charge in [0.2, 0.25) is 17.8 Å². The van der Waals surface area contributed by atoms with E-state index in [4.69, 9.17) is 0 Å². The van der Waals surface area contributed by atoms with Crippen LogP contribution in [0.15, 0.2) is 35.5 Å². The molecule has 1 aromatic carbocycles. The van der Waals surface area contributed by atoms with Gasteiger partial charge in [0, 0.05) is 25.1 Å². The second kappa shape index (κ2) is 7.46. The molecule has 0 bridgehead atoms. The van der Waals surface area contributed by atoms with E-state index in [1.807, 2.05) is 43.3 Å². The summed E-state index contributed by atoms with van der Waals surface area (Å²) in [7, 11) is 3.93. The van der Waals surface area contributed by atoms with Crippen molar-refractivity contribution in [2.45, 2.75) is 6.92 Å². The zero-order valence-corrected chi connectivity index (χ0v) is 13.0. The molecule has 0 aliphatic carbocycles. The number of benzene rings is 1. The van der Waals surface area contributed by atoms with E-state index in [2.05, 4.69) is 25.6 Å². The highest BCUT2D eigenvalue weighted by Crippen LogP contribution is 2.11. The topological polar surface area (TPSA) is 82.5 Å². The van der Waals surface area contributed by atoms with Crippen LogP contribution in [-0.4, -0.2) is 53.9 Å². The minimum Gasteiger partial charge on any atom is -0.308 e. The maximum atomic E-state index is 11.3. The van der Waals surface area contributed by atoms with Crippen LogP contribution in [0.3, 0.4) is 0 Å². The second-order valence-electron chi connectivity index (χ2n) is 5.09. The highest BCUT2D eigenvalue weighted by molar-refractivity contribution is 6.02. The van der Waals surface area contributed by atoms with Gasteiger partial charge in [-0.1, -0.05) is 18.2 Å². The van der Waals surface area contributed by atoms with Gasteiger partial charge in [-0.15, -0.1) is 0 Å². The molecule has 0 saturated heterocycles. The lowest BCUT2D eigenvalue weighted by Crippen LogP contribution is -2.35. The number of para-hydroxylation sites is 1. The molecule has 0 radical (unpaired) electrons. The number of hydrogen-bond donors (Lipinski definition) is 2. The van der Waals surface area contributed by atoms with E-state index in [0.717, 1.165) is 17.4 Å². The number of nitrogens with zero attached hydrogens (tertiary/aromatic N) is 4. The van der Waals surface area contributed by atoms with Gasteiger partial charge in [0.1, 0.15) is 0 Å². The molecule has 7 nitrogen and oxygen atoms in total. The molecule has 2 aromatic rings. The van der Waals surface area contributed by atoms with Crippen LogP contribution in [0.1, 0.15) is 6.92 Å². The first-order valence-corrected chi connectivity index (χ1v) is 7.00. The Morgan fingerprint density at radius 2 is 2.09 bits per heavy atom. The lowest BCUT2D eigenvalue weighted by atomic mass is 10.2.